The maximum atomic E-state index is 13.1. The molecule has 0 unspecified atom stereocenters. The molecule has 3 fully saturated rings. The molecule has 3 rings (SSSR count). The van der Waals surface area contributed by atoms with Gasteiger partial charge in [-0.1, -0.05) is 0 Å². The van der Waals surface area contributed by atoms with Crippen LogP contribution < -0.4 is 0 Å². The summed E-state index contributed by atoms with van der Waals surface area (Å²) >= 11 is 0. The van der Waals surface area contributed by atoms with Gasteiger partial charge in [-0.2, -0.15) is 0 Å². The molecule has 0 aromatic rings. The molecule has 4 nitrogen and oxygen atoms in total. The highest BCUT2D eigenvalue weighted by molar-refractivity contribution is 5.05. The SMILES string of the molecule is OC[C@@H]1[C@@H](COC[C@H]2C[C@@H]2COC[C@@H]2[C@@H](CO)C2(F)F)C1(F)F. The van der Waals surface area contributed by atoms with E-state index in [9.17, 15) is 17.6 Å². The Bertz CT molecular complexity index is 396. The van der Waals surface area contributed by atoms with E-state index in [1.165, 1.54) is 0 Å². The Morgan fingerprint density at radius 2 is 1.09 bits per heavy atom. The lowest BCUT2D eigenvalue weighted by atomic mass is 10.3. The quantitative estimate of drug-likeness (QED) is 0.590. The first kappa shape index (κ1) is 17.4. The summed E-state index contributed by atoms with van der Waals surface area (Å²) in [5.74, 6) is -8.95. The van der Waals surface area contributed by atoms with E-state index in [1.54, 1.807) is 0 Å². The Morgan fingerprint density at radius 3 is 1.39 bits per heavy atom. The van der Waals surface area contributed by atoms with E-state index in [-0.39, 0.29) is 25.0 Å². The van der Waals surface area contributed by atoms with E-state index < -0.39 is 48.7 Å². The van der Waals surface area contributed by atoms with Gasteiger partial charge in [0.1, 0.15) is 0 Å². The summed E-state index contributed by atoms with van der Waals surface area (Å²) in [5, 5.41) is 17.5. The van der Waals surface area contributed by atoms with E-state index in [0.717, 1.165) is 6.42 Å². The van der Waals surface area contributed by atoms with Gasteiger partial charge in [0.2, 0.25) is 0 Å². The number of hydrogen-bond donors (Lipinski definition) is 2. The molecule has 0 radical (unpaired) electrons. The molecule has 0 saturated heterocycles. The second-order valence-electron chi connectivity index (χ2n) is 6.97. The van der Waals surface area contributed by atoms with E-state index in [2.05, 4.69) is 0 Å². The number of halogens is 4. The van der Waals surface area contributed by atoms with Crippen molar-refractivity contribution in [3.05, 3.63) is 0 Å². The molecule has 3 aliphatic carbocycles. The molecule has 0 heterocycles. The first-order valence-electron chi connectivity index (χ1n) is 7.96. The van der Waals surface area contributed by atoms with Gasteiger partial charge in [0.05, 0.1) is 50.1 Å². The zero-order valence-corrected chi connectivity index (χ0v) is 12.6. The monoisotopic (exact) mass is 342 g/mol. The van der Waals surface area contributed by atoms with Crippen LogP contribution in [0, 0.1) is 35.5 Å². The first-order chi connectivity index (χ1) is 10.8. The molecule has 0 amide bonds. The maximum Gasteiger partial charge on any atom is 0.259 e. The molecular formula is C15H22F4O4. The van der Waals surface area contributed by atoms with Crippen LogP contribution in [0.3, 0.4) is 0 Å². The van der Waals surface area contributed by atoms with Crippen LogP contribution in [0.2, 0.25) is 0 Å². The number of aliphatic hydroxyl groups excluding tert-OH is 2. The van der Waals surface area contributed by atoms with Crippen molar-refractivity contribution in [1.82, 2.24) is 0 Å². The average Bonchev–Trinajstić information content (AvgIpc) is 3.40. The highest BCUT2D eigenvalue weighted by Crippen LogP contribution is 2.56. The molecule has 0 bridgehead atoms. The van der Waals surface area contributed by atoms with Gasteiger partial charge in [-0.05, 0) is 18.3 Å². The van der Waals surface area contributed by atoms with E-state index in [4.69, 9.17) is 19.7 Å². The number of alkyl halides is 4. The predicted octanol–water partition coefficient (Wildman–Crippen LogP) is 1.40. The van der Waals surface area contributed by atoms with Gasteiger partial charge in [0, 0.05) is 13.2 Å². The Hall–Kier alpha value is -0.440. The van der Waals surface area contributed by atoms with Crippen LogP contribution >= 0.6 is 0 Å². The van der Waals surface area contributed by atoms with Gasteiger partial charge in [0.15, 0.2) is 0 Å². The summed E-state index contributed by atoms with van der Waals surface area (Å²) < 4.78 is 63.0. The van der Waals surface area contributed by atoms with E-state index in [1.807, 2.05) is 0 Å². The Kier molecular flexibility index (Phi) is 4.63. The van der Waals surface area contributed by atoms with Crippen molar-refractivity contribution in [2.24, 2.45) is 35.5 Å². The van der Waals surface area contributed by atoms with E-state index >= 15 is 0 Å². The number of hydrogen-bond acceptors (Lipinski definition) is 4. The zero-order valence-electron chi connectivity index (χ0n) is 12.6. The lowest BCUT2D eigenvalue weighted by molar-refractivity contribution is 0.0362. The normalized spacial score (nSPS) is 42.5. The minimum absolute atomic E-state index is 0.0607. The summed E-state index contributed by atoms with van der Waals surface area (Å²) in [5.41, 5.74) is 0. The molecule has 0 spiro atoms. The smallest absolute Gasteiger partial charge is 0.259 e. The van der Waals surface area contributed by atoms with Gasteiger partial charge >= 0.3 is 0 Å². The Morgan fingerprint density at radius 1 is 0.696 bits per heavy atom. The molecule has 8 heteroatoms. The second-order valence-corrected chi connectivity index (χ2v) is 6.97. The Labute approximate surface area is 131 Å². The fourth-order valence-electron chi connectivity index (χ4n) is 3.28. The van der Waals surface area contributed by atoms with Crippen LogP contribution in [0.25, 0.3) is 0 Å². The van der Waals surface area contributed by atoms with Crippen LogP contribution in [0.4, 0.5) is 17.6 Å². The highest BCUT2D eigenvalue weighted by atomic mass is 19.3. The van der Waals surface area contributed by atoms with Crippen molar-refractivity contribution in [2.75, 3.05) is 39.6 Å². The first-order valence-corrected chi connectivity index (χ1v) is 7.96. The average molecular weight is 342 g/mol. The number of aliphatic hydroxyl groups is 2. The Balaban J connectivity index is 1.23. The van der Waals surface area contributed by atoms with E-state index in [0.29, 0.717) is 13.2 Å². The van der Waals surface area contributed by atoms with Crippen molar-refractivity contribution in [3.8, 4) is 0 Å². The van der Waals surface area contributed by atoms with Gasteiger partial charge in [0.25, 0.3) is 11.8 Å². The minimum atomic E-state index is -2.82. The van der Waals surface area contributed by atoms with Crippen molar-refractivity contribution in [1.29, 1.82) is 0 Å². The van der Waals surface area contributed by atoms with Crippen molar-refractivity contribution in [2.45, 2.75) is 18.3 Å². The summed E-state index contributed by atoms with van der Waals surface area (Å²) in [7, 11) is 0. The third kappa shape index (κ3) is 3.36. The topological polar surface area (TPSA) is 58.9 Å². The molecule has 0 aromatic carbocycles. The van der Waals surface area contributed by atoms with Crippen LogP contribution in [0.15, 0.2) is 0 Å². The van der Waals surface area contributed by atoms with Gasteiger partial charge in [-0.15, -0.1) is 0 Å². The fraction of sp³-hybridized carbons (Fsp3) is 1.00. The molecule has 3 aliphatic rings. The van der Waals surface area contributed by atoms with Crippen LogP contribution in [0.1, 0.15) is 6.42 Å². The minimum Gasteiger partial charge on any atom is -0.396 e. The second kappa shape index (κ2) is 6.13. The number of rotatable bonds is 10. The molecule has 134 valence electrons. The molecule has 2 N–H and O–H groups in total. The molecule has 6 atom stereocenters. The summed E-state index contributed by atoms with van der Waals surface area (Å²) in [4.78, 5) is 0. The molecule has 0 aromatic heterocycles. The largest absolute Gasteiger partial charge is 0.396 e. The number of ether oxygens (including phenoxy) is 2. The predicted molar refractivity (Wildman–Crippen MR) is 71.3 cm³/mol. The third-order valence-electron chi connectivity index (χ3n) is 5.45. The molecule has 23 heavy (non-hydrogen) atoms. The fourth-order valence-corrected chi connectivity index (χ4v) is 3.28. The third-order valence-corrected chi connectivity index (χ3v) is 5.45. The lowest BCUT2D eigenvalue weighted by Crippen LogP contribution is -2.09. The van der Waals surface area contributed by atoms with Crippen molar-refractivity contribution in [3.63, 3.8) is 0 Å². The highest BCUT2D eigenvalue weighted by Gasteiger charge is 2.68. The summed E-state index contributed by atoms with van der Waals surface area (Å²) in [6.45, 7) is -0.456. The lowest BCUT2D eigenvalue weighted by Gasteiger charge is -2.04. The van der Waals surface area contributed by atoms with Crippen molar-refractivity contribution >= 4 is 0 Å². The molecule has 3 saturated carbocycles. The molecule has 0 aliphatic heterocycles. The van der Waals surface area contributed by atoms with Gasteiger partial charge < -0.3 is 19.7 Å². The van der Waals surface area contributed by atoms with Crippen LogP contribution in [-0.4, -0.2) is 61.7 Å². The summed E-state index contributed by atoms with van der Waals surface area (Å²) in [6, 6.07) is 0. The van der Waals surface area contributed by atoms with Crippen LogP contribution in [0.5, 0.6) is 0 Å². The van der Waals surface area contributed by atoms with Crippen molar-refractivity contribution < 1.29 is 37.2 Å². The summed E-state index contributed by atoms with van der Waals surface area (Å²) in [6.07, 6.45) is 0.842. The maximum absolute atomic E-state index is 13.1. The van der Waals surface area contributed by atoms with Crippen LogP contribution in [-0.2, 0) is 9.47 Å². The van der Waals surface area contributed by atoms with Gasteiger partial charge in [-0.3, -0.25) is 0 Å². The molecular weight excluding hydrogens is 320 g/mol. The zero-order chi connectivity index (χ0) is 16.8. The standard InChI is InChI=1S/C15H22F4O4/c16-14(17)10(2-20)12(14)6-22-4-8-1-9(8)5-23-7-13-11(3-21)15(13,18)19/h8-13,20-21H,1-7H2/t8-,9-,10-,11-,12-,13-/m1/s1. The van der Waals surface area contributed by atoms with Gasteiger partial charge in [-0.25, -0.2) is 17.6 Å².